The molecule has 1 atom stereocenters. The second-order valence-corrected chi connectivity index (χ2v) is 5.22. The summed E-state index contributed by atoms with van der Waals surface area (Å²) >= 11 is 0. The third-order valence-corrected chi connectivity index (χ3v) is 3.82. The van der Waals surface area contributed by atoms with Crippen LogP contribution in [0.2, 0.25) is 0 Å². The first-order chi connectivity index (χ1) is 10.1. The van der Waals surface area contributed by atoms with Gasteiger partial charge in [-0.15, -0.1) is 0 Å². The third kappa shape index (κ3) is 3.95. The summed E-state index contributed by atoms with van der Waals surface area (Å²) in [4.78, 5) is 25.3. The number of carboxylic acid groups (broad SMARTS) is 1. The number of carbonyl (C=O) groups excluding carboxylic acids is 1. The van der Waals surface area contributed by atoms with Crippen molar-refractivity contribution in [2.24, 2.45) is 0 Å². The number of nitrogens with zero attached hydrogens (tertiary/aromatic N) is 1. The van der Waals surface area contributed by atoms with Gasteiger partial charge in [0.2, 0.25) is 0 Å². The summed E-state index contributed by atoms with van der Waals surface area (Å²) in [6.07, 6.45) is 1.76. The van der Waals surface area contributed by atoms with Gasteiger partial charge in [-0.2, -0.15) is 0 Å². The van der Waals surface area contributed by atoms with Crippen LogP contribution in [0, 0.1) is 0 Å². The van der Waals surface area contributed by atoms with Crippen molar-refractivity contribution in [3.8, 4) is 0 Å². The molecule has 2 rings (SSSR count). The number of benzene rings is 1. The molecule has 0 aromatic heterocycles. The van der Waals surface area contributed by atoms with Crippen LogP contribution in [0.25, 0.3) is 0 Å². The normalized spacial score (nSPS) is 17.0. The molecule has 0 aliphatic carbocycles. The molecule has 1 saturated heterocycles. The van der Waals surface area contributed by atoms with Crippen LogP contribution in [0.1, 0.15) is 24.4 Å². The molecule has 1 aromatic carbocycles. The lowest BCUT2D eigenvalue weighted by Gasteiger charge is -2.32. The van der Waals surface area contributed by atoms with Gasteiger partial charge >= 0.3 is 12.0 Å². The van der Waals surface area contributed by atoms with E-state index in [1.54, 1.807) is 36.2 Å². The minimum absolute atomic E-state index is 0.150. The largest absolute Gasteiger partial charge is 0.479 e. The third-order valence-electron chi connectivity index (χ3n) is 3.82. The van der Waals surface area contributed by atoms with Crippen LogP contribution >= 0.6 is 0 Å². The van der Waals surface area contributed by atoms with Gasteiger partial charge in [0.15, 0.2) is 6.04 Å². The van der Waals surface area contributed by atoms with Gasteiger partial charge < -0.3 is 20.6 Å². The number of carbonyl (C=O) groups is 2. The SMILES string of the molecule is CN(C(=O)N[C@@H](C(=O)O)c1ccccc1)C1CCNCC1. The molecule has 1 heterocycles. The number of amides is 2. The number of aliphatic carboxylic acids is 1. The molecule has 3 N–H and O–H groups in total. The predicted molar refractivity (Wildman–Crippen MR) is 79.0 cm³/mol. The highest BCUT2D eigenvalue weighted by molar-refractivity contribution is 5.83. The fraction of sp³-hybridized carbons (Fsp3) is 0.467. The number of nitrogens with one attached hydrogen (secondary N) is 2. The maximum Gasteiger partial charge on any atom is 0.330 e. The Morgan fingerprint density at radius 2 is 1.90 bits per heavy atom. The van der Waals surface area contributed by atoms with E-state index in [2.05, 4.69) is 10.6 Å². The number of carboxylic acids is 1. The van der Waals surface area contributed by atoms with E-state index in [9.17, 15) is 14.7 Å². The van der Waals surface area contributed by atoms with Crippen molar-refractivity contribution < 1.29 is 14.7 Å². The van der Waals surface area contributed by atoms with Crippen molar-refractivity contribution in [3.05, 3.63) is 35.9 Å². The fourth-order valence-electron chi connectivity index (χ4n) is 2.52. The summed E-state index contributed by atoms with van der Waals surface area (Å²) in [5.41, 5.74) is 0.567. The molecule has 0 saturated carbocycles. The van der Waals surface area contributed by atoms with E-state index in [4.69, 9.17) is 0 Å². The summed E-state index contributed by atoms with van der Waals surface area (Å²) in [5, 5.41) is 15.2. The molecule has 1 aliphatic rings. The number of hydrogen-bond acceptors (Lipinski definition) is 3. The molecule has 21 heavy (non-hydrogen) atoms. The zero-order valence-corrected chi connectivity index (χ0v) is 12.1. The average Bonchev–Trinajstić information content (AvgIpc) is 2.53. The van der Waals surface area contributed by atoms with Gasteiger partial charge in [-0.25, -0.2) is 9.59 Å². The first-order valence-electron chi connectivity index (χ1n) is 7.11. The molecular formula is C15H21N3O3. The Hall–Kier alpha value is -2.08. The Morgan fingerprint density at radius 3 is 2.48 bits per heavy atom. The lowest BCUT2D eigenvalue weighted by Crippen LogP contribution is -2.49. The predicted octanol–water partition coefficient (Wildman–Crippen LogP) is 1.21. The summed E-state index contributed by atoms with van der Waals surface area (Å²) in [5.74, 6) is -1.06. The number of rotatable bonds is 4. The molecule has 1 fully saturated rings. The molecule has 2 amide bonds. The van der Waals surface area contributed by atoms with Crippen molar-refractivity contribution in [1.82, 2.24) is 15.5 Å². The van der Waals surface area contributed by atoms with Crippen LogP contribution in [0.3, 0.4) is 0 Å². The quantitative estimate of drug-likeness (QED) is 0.778. The Bertz CT molecular complexity index is 486. The van der Waals surface area contributed by atoms with Gasteiger partial charge in [0.25, 0.3) is 0 Å². The number of hydrogen-bond donors (Lipinski definition) is 3. The molecular weight excluding hydrogens is 270 g/mol. The molecule has 0 unspecified atom stereocenters. The average molecular weight is 291 g/mol. The van der Waals surface area contributed by atoms with Crippen LogP contribution in [-0.2, 0) is 4.79 Å². The van der Waals surface area contributed by atoms with Crippen molar-refractivity contribution in [2.75, 3.05) is 20.1 Å². The summed E-state index contributed by atoms with van der Waals surface area (Å²) in [6.45, 7) is 1.76. The van der Waals surface area contributed by atoms with E-state index in [0.29, 0.717) is 5.56 Å². The Labute approximate surface area is 124 Å². The van der Waals surface area contributed by atoms with E-state index in [1.165, 1.54) is 0 Å². The molecule has 6 heteroatoms. The number of urea groups is 1. The highest BCUT2D eigenvalue weighted by atomic mass is 16.4. The molecule has 6 nitrogen and oxygen atoms in total. The first kappa shape index (κ1) is 15.3. The second-order valence-electron chi connectivity index (χ2n) is 5.22. The molecule has 1 aromatic rings. The van der Waals surface area contributed by atoms with Crippen LogP contribution in [0.5, 0.6) is 0 Å². The van der Waals surface area contributed by atoms with E-state index < -0.39 is 12.0 Å². The minimum atomic E-state index is -1.06. The monoisotopic (exact) mass is 291 g/mol. The van der Waals surface area contributed by atoms with Gasteiger partial charge in [-0.3, -0.25) is 0 Å². The summed E-state index contributed by atoms with van der Waals surface area (Å²) < 4.78 is 0. The fourth-order valence-corrected chi connectivity index (χ4v) is 2.52. The highest BCUT2D eigenvalue weighted by Crippen LogP contribution is 2.15. The Morgan fingerprint density at radius 1 is 1.29 bits per heavy atom. The van der Waals surface area contributed by atoms with E-state index in [-0.39, 0.29) is 12.1 Å². The lowest BCUT2D eigenvalue weighted by molar-refractivity contribution is -0.139. The van der Waals surface area contributed by atoms with Crippen LogP contribution in [-0.4, -0.2) is 48.2 Å². The maximum absolute atomic E-state index is 12.3. The molecule has 1 aliphatic heterocycles. The van der Waals surface area contributed by atoms with Gasteiger partial charge in [-0.1, -0.05) is 30.3 Å². The van der Waals surface area contributed by atoms with Gasteiger partial charge in [-0.05, 0) is 31.5 Å². The standard InChI is InChI=1S/C15H21N3O3/c1-18(12-7-9-16-10-8-12)15(21)17-13(14(19)20)11-5-3-2-4-6-11/h2-6,12-13,16H,7-10H2,1H3,(H,17,21)(H,19,20)/t13-/m1/s1. The number of piperidine rings is 1. The highest BCUT2D eigenvalue weighted by Gasteiger charge is 2.27. The van der Waals surface area contributed by atoms with E-state index in [1.807, 2.05) is 6.07 Å². The first-order valence-corrected chi connectivity index (χ1v) is 7.11. The second kappa shape index (κ2) is 7.08. The Kier molecular flexibility index (Phi) is 5.16. The molecule has 114 valence electrons. The van der Waals surface area contributed by atoms with Crippen molar-refractivity contribution in [1.29, 1.82) is 0 Å². The van der Waals surface area contributed by atoms with Crippen molar-refractivity contribution >= 4 is 12.0 Å². The summed E-state index contributed by atoms with van der Waals surface area (Å²) in [7, 11) is 1.72. The van der Waals surface area contributed by atoms with Crippen molar-refractivity contribution in [3.63, 3.8) is 0 Å². The maximum atomic E-state index is 12.3. The van der Waals surface area contributed by atoms with Crippen LogP contribution < -0.4 is 10.6 Å². The molecule has 0 bridgehead atoms. The molecule has 0 radical (unpaired) electrons. The van der Waals surface area contributed by atoms with Gasteiger partial charge in [0.05, 0.1) is 0 Å². The zero-order valence-electron chi connectivity index (χ0n) is 12.1. The molecule has 0 spiro atoms. The Balaban J connectivity index is 2.03. The zero-order chi connectivity index (χ0) is 15.2. The smallest absolute Gasteiger partial charge is 0.330 e. The van der Waals surface area contributed by atoms with E-state index in [0.717, 1.165) is 25.9 Å². The van der Waals surface area contributed by atoms with Gasteiger partial charge in [0, 0.05) is 13.1 Å². The van der Waals surface area contributed by atoms with Crippen LogP contribution in [0.4, 0.5) is 4.79 Å². The van der Waals surface area contributed by atoms with Crippen LogP contribution in [0.15, 0.2) is 30.3 Å². The summed E-state index contributed by atoms with van der Waals surface area (Å²) in [6, 6.07) is 7.50. The minimum Gasteiger partial charge on any atom is -0.479 e. The van der Waals surface area contributed by atoms with E-state index >= 15 is 0 Å². The van der Waals surface area contributed by atoms with Gasteiger partial charge in [0.1, 0.15) is 0 Å². The topological polar surface area (TPSA) is 81.7 Å². The lowest BCUT2D eigenvalue weighted by atomic mass is 10.1. The van der Waals surface area contributed by atoms with Crippen molar-refractivity contribution in [2.45, 2.75) is 24.9 Å².